The fourth-order valence-electron chi connectivity index (χ4n) is 1.04. The Balaban J connectivity index is 2.50. The second kappa shape index (κ2) is 3.14. The van der Waals surface area contributed by atoms with Crippen molar-refractivity contribution in [2.75, 3.05) is 5.73 Å². The fraction of sp³-hybridized carbons (Fsp3) is 0. The predicted octanol–water partition coefficient (Wildman–Crippen LogP) is 0.116. The molecule has 0 saturated carbocycles. The number of nitrogens with zero attached hydrogens (tertiary/aromatic N) is 5. The summed E-state index contributed by atoms with van der Waals surface area (Å²) in [6, 6.07) is 5.23. The van der Waals surface area contributed by atoms with Crippen molar-refractivity contribution in [3.05, 3.63) is 30.4 Å². The third-order valence-corrected chi connectivity index (χ3v) is 1.66. The van der Waals surface area contributed by atoms with Crippen LogP contribution in [0.1, 0.15) is 5.82 Å². The molecule has 0 aromatic carbocycles. The molecule has 2 heterocycles. The SMILES string of the molecule is N#Cc1nccn1-c1ccc(N)nn1. The average Bonchev–Trinajstić information content (AvgIpc) is 2.67. The van der Waals surface area contributed by atoms with Gasteiger partial charge in [0.2, 0.25) is 5.82 Å². The Morgan fingerprint density at radius 2 is 2.21 bits per heavy atom. The van der Waals surface area contributed by atoms with E-state index in [9.17, 15) is 0 Å². The van der Waals surface area contributed by atoms with Crippen molar-refractivity contribution in [1.29, 1.82) is 5.26 Å². The molecule has 14 heavy (non-hydrogen) atoms. The highest BCUT2D eigenvalue weighted by atomic mass is 15.2. The molecule has 0 atom stereocenters. The third-order valence-electron chi connectivity index (χ3n) is 1.66. The number of nitriles is 1. The molecule has 0 unspecified atom stereocenters. The van der Waals surface area contributed by atoms with E-state index in [1.807, 2.05) is 6.07 Å². The van der Waals surface area contributed by atoms with E-state index < -0.39 is 0 Å². The first-order valence-electron chi connectivity index (χ1n) is 3.84. The molecular weight excluding hydrogens is 180 g/mol. The Morgan fingerprint density at radius 3 is 2.86 bits per heavy atom. The lowest BCUT2D eigenvalue weighted by Gasteiger charge is -2.00. The first-order chi connectivity index (χ1) is 6.81. The minimum absolute atomic E-state index is 0.268. The Labute approximate surface area is 79.6 Å². The van der Waals surface area contributed by atoms with Crippen molar-refractivity contribution < 1.29 is 0 Å². The molecule has 2 aromatic rings. The molecule has 2 rings (SSSR count). The fourth-order valence-corrected chi connectivity index (χ4v) is 1.04. The lowest BCUT2D eigenvalue weighted by atomic mass is 10.5. The van der Waals surface area contributed by atoms with Gasteiger partial charge in [0.05, 0.1) is 0 Å². The van der Waals surface area contributed by atoms with Gasteiger partial charge in [-0.25, -0.2) is 4.98 Å². The maximum absolute atomic E-state index is 8.72. The van der Waals surface area contributed by atoms with Crippen molar-refractivity contribution in [1.82, 2.24) is 19.7 Å². The van der Waals surface area contributed by atoms with Crippen molar-refractivity contribution >= 4 is 5.82 Å². The summed E-state index contributed by atoms with van der Waals surface area (Å²) in [5.74, 6) is 1.13. The summed E-state index contributed by atoms with van der Waals surface area (Å²) in [7, 11) is 0. The van der Waals surface area contributed by atoms with Gasteiger partial charge in [0.1, 0.15) is 11.9 Å². The van der Waals surface area contributed by atoms with Crippen molar-refractivity contribution in [2.24, 2.45) is 0 Å². The summed E-state index contributed by atoms with van der Waals surface area (Å²) in [4.78, 5) is 3.84. The number of imidazole rings is 1. The highest BCUT2D eigenvalue weighted by molar-refractivity contribution is 5.33. The highest BCUT2D eigenvalue weighted by Crippen LogP contribution is 2.06. The normalized spacial score (nSPS) is 9.64. The van der Waals surface area contributed by atoms with Gasteiger partial charge >= 0.3 is 0 Å². The second-order valence-electron chi connectivity index (χ2n) is 2.55. The second-order valence-corrected chi connectivity index (χ2v) is 2.55. The van der Waals surface area contributed by atoms with Crippen LogP contribution < -0.4 is 5.73 Å². The van der Waals surface area contributed by atoms with Crippen molar-refractivity contribution in [3.8, 4) is 11.9 Å². The van der Waals surface area contributed by atoms with Gasteiger partial charge in [0, 0.05) is 12.4 Å². The van der Waals surface area contributed by atoms with Crippen LogP contribution in [-0.4, -0.2) is 19.7 Å². The van der Waals surface area contributed by atoms with E-state index in [1.54, 1.807) is 18.3 Å². The van der Waals surface area contributed by atoms with Gasteiger partial charge < -0.3 is 5.73 Å². The molecule has 0 bridgehead atoms. The molecule has 6 heteroatoms. The van der Waals surface area contributed by atoms with Crippen molar-refractivity contribution in [2.45, 2.75) is 0 Å². The van der Waals surface area contributed by atoms with Crippen LogP contribution in [0.25, 0.3) is 5.82 Å². The standard InChI is InChI=1S/C8H6N6/c9-5-8-11-3-4-14(8)7-2-1-6(10)12-13-7/h1-4H,(H2,10,12). The Kier molecular flexibility index (Phi) is 1.84. The molecule has 2 aromatic heterocycles. The molecule has 2 N–H and O–H groups in total. The number of hydrogen-bond acceptors (Lipinski definition) is 5. The average molecular weight is 186 g/mol. The van der Waals surface area contributed by atoms with Crippen LogP contribution in [0, 0.1) is 11.3 Å². The zero-order valence-electron chi connectivity index (χ0n) is 7.12. The number of nitrogen functional groups attached to an aromatic ring is 1. The van der Waals surface area contributed by atoms with Gasteiger partial charge in [-0.3, -0.25) is 4.57 Å². The van der Waals surface area contributed by atoms with Crippen LogP contribution in [0.4, 0.5) is 5.82 Å². The molecule has 0 radical (unpaired) electrons. The predicted molar refractivity (Wildman–Crippen MR) is 48.3 cm³/mol. The molecule has 0 spiro atoms. The van der Waals surface area contributed by atoms with E-state index in [4.69, 9.17) is 11.0 Å². The topological polar surface area (TPSA) is 93.4 Å². The zero-order valence-corrected chi connectivity index (χ0v) is 7.12. The van der Waals surface area contributed by atoms with E-state index in [0.717, 1.165) is 0 Å². The van der Waals surface area contributed by atoms with Gasteiger partial charge in [0.25, 0.3) is 0 Å². The summed E-state index contributed by atoms with van der Waals surface area (Å²) in [5, 5.41) is 16.2. The molecule has 0 fully saturated rings. The smallest absolute Gasteiger partial charge is 0.218 e. The van der Waals surface area contributed by atoms with Gasteiger partial charge in [-0.05, 0) is 12.1 Å². The highest BCUT2D eigenvalue weighted by Gasteiger charge is 2.04. The maximum atomic E-state index is 8.72. The largest absolute Gasteiger partial charge is 0.382 e. The summed E-state index contributed by atoms with van der Waals surface area (Å²) in [6.07, 6.45) is 3.16. The molecule has 68 valence electrons. The third kappa shape index (κ3) is 1.27. The van der Waals surface area contributed by atoms with E-state index >= 15 is 0 Å². The van der Waals surface area contributed by atoms with Gasteiger partial charge in [-0.15, -0.1) is 10.2 Å². The van der Waals surface area contributed by atoms with Crippen LogP contribution in [-0.2, 0) is 0 Å². The van der Waals surface area contributed by atoms with E-state index in [1.165, 1.54) is 10.8 Å². The zero-order chi connectivity index (χ0) is 9.97. The first-order valence-corrected chi connectivity index (χ1v) is 3.84. The monoisotopic (exact) mass is 186 g/mol. The maximum Gasteiger partial charge on any atom is 0.218 e. The number of nitrogens with two attached hydrogens (primary N) is 1. The van der Waals surface area contributed by atoms with E-state index in [2.05, 4.69) is 15.2 Å². The minimum atomic E-state index is 0.268. The van der Waals surface area contributed by atoms with Gasteiger partial charge in [-0.1, -0.05) is 0 Å². The van der Waals surface area contributed by atoms with Crippen molar-refractivity contribution in [3.63, 3.8) is 0 Å². The molecule has 0 aliphatic rings. The summed E-state index contributed by atoms with van der Waals surface area (Å²) >= 11 is 0. The quantitative estimate of drug-likeness (QED) is 0.682. The molecule has 0 saturated heterocycles. The van der Waals surface area contributed by atoms with Crippen LogP contribution in [0.15, 0.2) is 24.5 Å². The number of anilines is 1. The number of rotatable bonds is 1. The van der Waals surface area contributed by atoms with Crippen LogP contribution >= 0.6 is 0 Å². The Morgan fingerprint density at radius 1 is 1.36 bits per heavy atom. The summed E-state index contributed by atoms with van der Waals surface area (Å²) in [6.45, 7) is 0. The van der Waals surface area contributed by atoms with Crippen LogP contribution in [0.5, 0.6) is 0 Å². The van der Waals surface area contributed by atoms with Crippen LogP contribution in [0.3, 0.4) is 0 Å². The van der Waals surface area contributed by atoms with Crippen LogP contribution in [0.2, 0.25) is 0 Å². The van der Waals surface area contributed by atoms with Gasteiger partial charge in [0.15, 0.2) is 5.82 Å². The summed E-state index contributed by atoms with van der Waals surface area (Å²) < 4.78 is 1.53. The molecule has 0 aliphatic heterocycles. The lowest BCUT2D eigenvalue weighted by molar-refractivity contribution is 0.904. The molecular formula is C8H6N6. The summed E-state index contributed by atoms with van der Waals surface area (Å²) in [5.41, 5.74) is 5.39. The Hall–Kier alpha value is -2.42. The number of hydrogen-bond donors (Lipinski definition) is 1. The molecule has 6 nitrogen and oxygen atoms in total. The molecule has 0 aliphatic carbocycles. The number of aromatic nitrogens is 4. The van der Waals surface area contributed by atoms with E-state index in [0.29, 0.717) is 11.6 Å². The van der Waals surface area contributed by atoms with Gasteiger partial charge in [-0.2, -0.15) is 5.26 Å². The minimum Gasteiger partial charge on any atom is -0.382 e. The lowest BCUT2D eigenvalue weighted by Crippen LogP contribution is -2.02. The Bertz CT molecular complexity index is 477. The first kappa shape index (κ1) is 8.19. The molecule has 0 amide bonds. The van der Waals surface area contributed by atoms with E-state index in [-0.39, 0.29) is 5.82 Å².